The molecule has 0 saturated heterocycles. The second-order valence-electron chi connectivity index (χ2n) is 8.02. The van der Waals surface area contributed by atoms with Gasteiger partial charge < -0.3 is 5.32 Å². The Bertz CT molecular complexity index is 404. The van der Waals surface area contributed by atoms with Crippen LogP contribution in [0.1, 0.15) is 66.0 Å². The van der Waals surface area contributed by atoms with Gasteiger partial charge in [-0.2, -0.15) is 0 Å². The van der Waals surface area contributed by atoms with Gasteiger partial charge in [-0.3, -0.25) is 0 Å². The normalized spacial score (nSPS) is 13.7. The Labute approximate surface area is 119 Å². The highest BCUT2D eigenvalue weighted by Gasteiger charge is 2.29. The van der Waals surface area contributed by atoms with Crippen LogP contribution in [0.5, 0.6) is 0 Å². The zero-order valence-electron chi connectivity index (χ0n) is 14.0. The molecule has 0 fully saturated rings. The third-order valence-electron chi connectivity index (χ3n) is 4.09. The maximum atomic E-state index is 3.40. The highest BCUT2D eigenvalue weighted by Crippen LogP contribution is 2.33. The highest BCUT2D eigenvalue weighted by molar-refractivity contribution is 5.31. The second-order valence-corrected chi connectivity index (χ2v) is 8.02. The summed E-state index contributed by atoms with van der Waals surface area (Å²) in [5, 5.41) is 3.40. The van der Waals surface area contributed by atoms with Gasteiger partial charge in [-0.1, -0.05) is 58.9 Å². The fourth-order valence-electron chi connectivity index (χ4n) is 2.72. The molecular weight excluding hydrogens is 230 g/mol. The van der Waals surface area contributed by atoms with Crippen LogP contribution in [0, 0.1) is 0 Å². The van der Waals surface area contributed by atoms with Gasteiger partial charge in [0.05, 0.1) is 0 Å². The first-order chi connectivity index (χ1) is 8.48. The molecule has 0 bridgehead atoms. The van der Waals surface area contributed by atoms with Crippen molar-refractivity contribution < 1.29 is 0 Å². The van der Waals surface area contributed by atoms with Gasteiger partial charge in [0.2, 0.25) is 0 Å². The van der Waals surface area contributed by atoms with E-state index < -0.39 is 0 Å². The van der Waals surface area contributed by atoms with Gasteiger partial charge in [0, 0.05) is 5.54 Å². The molecule has 1 aromatic carbocycles. The fraction of sp³-hybridized carbons (Fsp3) is 0.667. The first-order valence-electron chi connectivity index (χ1n) is 7.28. The number of hydrogen-bond donors (Lipinski definition) is 1. The van der Waals surface area contributed by atoms with Crippen molar-refractivity contribution in [3.05, 3.63) is 35.4 Å². The summed E-state index contributed by atoms with van der Waals surface area (Å²) in [6.45, 7) is 16.0. The van der Waals surface area contributed by atoms with Crippen LogP contribution in [0.3, 0.4) is 0 Å². The fourth-order valence-corrected chi connectivity index (χ4v) is 2.72. The topological polar surface area (TPSA) is 12.0 Å². The van der Waals surface area contributed by atoms with Gasteiger partial charge in [-0.15, -0.1) is 0 Å². The molecule has 0 atom stereocenters. The predicted molar refractivity (Wildman–Crippen MR) is 85.9 cm³/mol. The van der Waals surface area contributed by atoms with Gasteiger partial charge in [0.1, 0.15) is 0 Å². The lowest BCUT2D eigenvalue weighted by molar-refractivity contribution is 0.304. The molecule has 1 N–H and O–H groups in total. The SMILES string of the molecule is CNC(C)(C)CC(C)(C)c1ccc(C(C)(C)C)cc1. The molecule has 0 spiro atoms. The van der Waals surface area contributed by atoms with Crippen LogP contribution in [-0.2, 0) is 10.8 Å². The third-order valence-corrected chi connectivity index (χ3v) is 4.09. The Morgan fingerprint density at radius 1 is 0.789 bits per heavy atom. The summed E-state index contributed by atoms with van der Waals surface area (Å²) in [5.41, 5.74) is 3.39. The van der Waals surface area contributed by atoms with E-state index >= 15 is 0 Å². The summed E-state index contributed by atoms with van der Waals surface area (Å²) in [4.78, 5) is 0. The number of nitrogens with one attached hydrogen (secondary N) is 1. The molecule has 1 aromatic rings. The van der Waals surface area contributed by atoms with E-state index in [1.54, 1.807) is 0 Å². The van der Waals surface area contributed by atoms with Gasteiger partial charge in [-0.25, -0.2) is 0 Å². The molecule has 0 heterocycles. The third kappa shape index (κ3) is 4.35. The van der Waals surface area contributed by atoms with E-state index in [0.29, 0.717) is 0 Å². The molecule has 0 radical (unpaired) electrons. The van der Waals surface area contributed by atoms with E-state index in [-0.39, 0.29) is 16.4 Å². The average Bonchev–Trinajstić information content (AvgIpc) is 2.27. The van der Waals surface area contributed by atoms with Crippen LogP contribution in [-0.4, -0.2) is 12.6 Å². The van der Waals surface area contributed by atoms with Crippen molar-refractivity contribution >= 4 is 0 Å². The Morgan fingerprint density at radius 3 is 1.58 bits per heavy atom. The molecule has 19 heavy (non-hydrogen) atoms. The molecule has 0 saturated carbocycles. The molecule has 1 rings (SSSR count). The molecule has 1 heteroatoms. The van der Waals surface area contributed by atoms with E-state index in [9.17, 15) is 0 Å². The zero-order chi connectivity index (χ0) is 14.9. The Morgan fingerprint density at radius 2 is 1.21 bits per heavy atom. The number of benzene rings is 1. The Balaban J connectivity index is 2.97. The summed E-state index contributed by atoms with van der Waals surface area (Å²) in [6, 6.07) is 9.16. The van der Waals surface area contributed by atoms with E-state index in [4.69, 9.17) is 0 Å². The lowest BCUT2D eigenvalue weighted by Crippen LogP contribution is -2.41. The van der Waals surface area contributed by atoms with Crippen molar-refractivity contribution in [3.8, 4) is 0 Å². The molecule has 1 nitrogen and oxygen atoms in total. The van der Waals surface area contributed by atoms with Gasteiger partial charge in [0.25, 0.3) is 0 Å². The molecular formula is C18H31N. The van der Waals surface area contributed by atoms with Crippen molar-refractivity contribution in [2.24, 2.45) is 0 Å². The second kappa shape index (κ2) is 5.28. The average molecular weight is 261 g/mol. The molecule has 0 aliphatic heterocycles. The molecule has 108 valence electrons. The van der Waals surface area contributed by atoms with Gasteiger partial charge in [0.15, 0.2) is 0 Å². The summed E-state index contributed by atoms with van der Waals surface area (Å²) < 4.78 is 0. The van der Waals surface area contributed by atoms with Crippen LogP contribution in [0.4, 0.5) is 0 Å². The monoisotopic (exact) mass is 261 g/mol. The van der Waals surface area contributed by atoms with Crippen molar-refractivity contribution in [1.29, 1.82) is 0 Å². The minimum absolute atomic E-state index is 0.159. The molecule has 0 aromatic heterocycles. The van der Waals surface area contributed by atoms with Gasteiger partial charge in [-0.05, 0) is 49.3 Å². The van der Waals surface area contributed by atoms with E-state index in [2.05, 4.69) is 78.0 Å². The summed E-state index contributed by atoms with van der Waals surface area (Å²) in [7, 11) is 2.04. The Hall–Kier alpha value is -0.820. The molecule has 0 aliphatic carbocycles. The molecule has 0 unspecified atom stereocenters. The van der Waals surface area contributed by atoms with Crippen molar-refractivity contribution in [2.45, 2.75) is 71.3 Å². The standard InChI is InChI=1S/C18H31N/c1-16(2,3)14-9-11-15(12-10-14)17(4,5)13-18(6,7)19-8/h9-12,19H,13H2,1-8H3. The van der Waals surface area contributed by atoms with Crippen LogP contribution >= 0.6 is 0 Å². The number of rotatable bonds is 4. The lowest BCUT2D eigenvalue weighted by atomic mass is 9.74. The van der Waals surface area contributed by atoms with E-state index in [1.807, 2.05) is 7.05 Å². The minimum atomic E-state index is 0.159. The van der Waals surface area contributed by atoms with Crippen LogP contribution in [0.15, 0.2) is 24.3 Å². The maximum Gasteiger partial charge on any atom is 0.0130 e. The highest BCUT2D eigenvalue weighted by atomic mass is 14.9. The first-order valence-corrected chi connectivity index (χ1v) is 7.28. The summed E-state index contributed by atoms with van der Waals surface area (Å²) in [5.74, 6) is 0. The van der Waals surface area contributed by atoms with E-state index in [0.717, 1.165) is 6.42 Å². The molecule has 0 amide bonds. The quantitative estimate of drug-likeness (QED) is 0.832. The van der Waals surface area contributed by atoms with Crippen molar-refractivity contribution in [3.63, 3.8) is 0 Å². The minimum Gasteiger partial charge on any atom is -0.315 e. The van der Waals surface area contributed by atoms with Crippen LogP contribution < -0.4 is 5.32 Å². The van der Waals surface area contributed by atoms with Crippen molar-refractivity contribution in [1.82, 2.24) is 5.32 Å². The number of hydrogen-bond acceptors (Lipinski definition) is 1. The summed E-state index contributed by atoms with van der Waals surface area (Å²) >= 11 is 0. The van der Waals surface area contributed by atoms with Crippen molar-refractivity contribution in [2.75, 3.05) is 7.05 Å². The van der Waals surface area contributed by atoms with Crippen LogP contribution in [0.2, 0.25) is 0 Å². The first kappa shape index (κ1) is 16.2. The Kier molecular flexibility index (Phi) is 4.51. The maximum absolute atomic E-state index is 3.40. The zero-order valence-corrected chi connectivity index (χ0v) is 14.0. The lowest BCUT2D eigenvalue weighted by Gasteiger charge is -2.35. The van der Waals surface area contributed by atoms with Crippen LogP contribution in [0.25, 0.3) is 0 Å². The molecule has 0 aliphatic rings. The van der Waals surface area contributed by atoms with E-state index in [1.165, 1.54) is 11.1 Å². The smallest absolute Gasteiger partial charge is 0.0130 e. The predicted octanol–water partition coefficient (Wildman–Crippen LogP) is 4.65. The largest absolute Gasteiger partial charge is 0.315 e. The summed E-state index contributed by atoms with van der Waals surface area (Å²) in [6.07, 6.45) is 1.12. The van der Waals surface area contributed by atoms with Gasteiger partial charge >= 0.3 is 0 Å².